The van der Waals surface area contributed by atoms with Gasteiger partial charge in [-0.05, 0) is 23.2 Å². The third-order valence-electron chi connectivity index (χ3n) is 0. The van der Waals surface area contributed by atoms with Crippen LogP contribution in [0.5, 0.6) is 0 Å². The first-order valence-electron chi connectivity index (χ1n) is 1.12. The van der Waals surface area contributed by atoms with E-state index in [9.17, 15) is 0 Å². The van der Waals surface area contributed by atoms with E-state index in [2.05, 4.69) is 33.9 Å². The van der Waals surface area contributed by atoms with Crippen LogP contribution in [0.3, 0.4) is 0 Å². The average molecular weight is 199 g/mol. The molecule has 3 nitrogen and oxygen atoms in total. The number of carbonyl (C=O) groups excluding carboxylic acids is 1. The van der Waals surface area contributed by atoms with Gasteiger partial charge in [-0.1, -0.05) is 0 Å². The van der Waals surface area contributed by atoms with Gasteiger partial charge in [-0.15, -0.1) is 0 Å². The summed E-state index contributed by atoms with van der Waals surface area (Å²) in [7, 11) is 1.58. The monoisotopic (exact) mass is 198 g/mol. The minimum atomic E-state index is -2.65. The molecular weight excluding hydrogens is 198 g/mol. The van der Waals surface area contributed by atoms with E-state index in [-0.39, 0.29) is 0 Å². The normalized spacial score (nSPS) is 7.50. The van der Waals surface area contributed by atoms with Crippen LogP contribution >= 0.6 is 33.9 Å². The number of thiol groups is 1. The summed E-state index contributed by atoms with van der Waals surface area (Å²) in [6.45, 7) is 0. The van der Waals surface area contributed by atoms with Gasteiger partial charge in [-0.3, -0.25) is 4.79 Å². The van der Waals surface area contributed by atoms with Crippen LogP contribution in [0.15, 0.2) is 0 Å². The van der Waals surface area contributed by atoms with E-state index in [1.807, 2.05) is 0 Å². The Morgan fingerprint density at radius 2 is 1.25 bits per heavy atom. The second kappa shape index (κ2) is 7.49. The van der Waals surface area contributed by atoms with E-state index in [4.69, 9.17) is 13.2 Å². The molecule has 0 atom stereocenters. The van der Waals surface area contributed by atoms with Crippen LogP contribution in [0.1, 0.15) is 0 Å². The lowest BCUT2D eigenvalue weighted by molar-refractivity contribution is 0.275. The van der Waals surface area contributed by atoms with Crippen molar-refractivity contribution < 1.29 is 13.2 Å². The van der Waals surface area contributed by atoms with Gasteiger partial charge in [0, 0.05) is 10.7 Å². The van der Waals surface area contributed by atoms with Crippen molar-refractivity contribution in [1.29, 1.82) is 0 Å². The van der Waals surface area contributed by atoms with Gasteiger partial charge in [0.25, 0.3) is 0 Å². The average Bonchev–Trinajstić information content (AvgIpc) is 1.25. The van der Waals surface area contributed by atoms with Crippen LogP contribution in [0, 0.1) is 0 Å². The Morgan fingerprint density at radius 3 is 1.25 bits per heavy atom. The highest BCUT2D eigenvalue weighted by Gasteiger charge is 1.72. The van der Waals surface area contributed by atoms with E-state index >= 15 is 0 Å². The number of carbonyl (C=O) groups is 1. The van der Waals surface area contributed by atoms with Gasteiger partial charge in [0.1, 0.15) is 0 Å². The Morgan fingerprint density at radius 1 is 1.25 bits per heavy atom. The van der Waals surface area contributed by atoms with Crippen molar-refractivity contribution in [3.8, 4) is 0 Å². The fourth-order valence-electron chi connectivity index (χ4n) is 0. The van der Waals surface area contributed by atoms with Crippen LogP contribution in [0.4, 0.5) is 4.79 Å². The molecule has 0 aromatic carbocycles. The highest BCUT2D eigenvalue weighted by molar-refractivity contribution is 7.98. The Balaban J connectivity index is 0. The molecule has 0 aliphatic heterocycles. The third kappa shape index (κ3) is 815. The summed E-state index contributed by atoms with van der Waals surface area (Å²) < 4.78 is 16.7. The molecule has 0 aliphatic rings. The van der Waals surface area contributed by atoms with Gasteiger partial charge in [0.2, 0.25) is 9.92 Å². The maximum atomic E-state index is 8.98. The summed E-state index contributed by atoms with van der Waals surface area (Å²) in [6.07, 6.45) is 0. The molecule has 0 saturated carbocycles. The maximum absolute atomic E-state index is 8.98. The molecule has 7 heteroatoms. The van der Waals surface area contributed by atoms with Crippen molar-refractivity contribution in [2.75, 3.05) is 0 Å². The molecule has 0 amide bonds. The minimum absolute atomic E-state index is 0.889. The SMILES string of the molecule is O=C(Cl)Cl.O=[SH](=O)Cl. The van der Waals surface area contributed by atoms with Crippen LogP contribution in [-0.2, 0) is 9.92 Å². The minimum Gasteiger partial charge on any atom is -0.262 e. The standard InChI is InChI=1S/CCl2O.ClHO2S/c2-1(3)4;1-4(2)3/h;4H. The molecule has 0 radical (unpaired) electrons. The van der Waals surface area contributed by atoms with E-state index < -0.39 is 14.6 Å². The van der Waals surface area contributed by atoms with Crippen molar-refractivity contribution in [1.82, 2.24) is 0 Å². The molecule has 0 saturated heterocycles. The van der Waals surface area contributed by atoms with E-state index in [0.29, 0.717) is 0 Å². The van der Waals surface area contributed by atoms with Crippen molar-refractivity contribution in [2.45, 2.75) is 0 Å². The quantitative estimate of drug-likeness (QED) is 0.473. The lowest BCUT2D eigenvalue weighted by Crippen LogP contribution is -1.46. The molecule has 0 unspecified atom stereocenters. The van der Waals surface area contributed by atoms with Gasteiger partial charge in [0.15, 0.2) is 0 Å². The highest BCUT2D eigenvalue weighted by atomic mass is 35.7. The molecule has 0 spiro atoms. The summed E-state index contributed by atoms with van der Waals surface area (Å²) >= 11 is 8.80. The summed E-state index contributed by atoms with van der Waals surface area (Å²) in [5.41, 5.74) is 0. The Labute approximate surface area is 62.0 Å². The first-order chi connectivity index (χ1) is 3.46. The number of rotatable bonds is 0. The van der Waals surface area contributed by atoms with Crippen LogP contribution in [0.25, 0.3) is 0 Å². The molecular formula is CHCl3O3S. The van der Waals surface area contributed by atoms with E-state index in [0.717, 1.165) is 0 Å². The van der Waals surface area contributed by atoms with Gasteiger partial charge < -0.3 is 0 Å². The molecule has 50 valence electrons. The number of hydrogen-bond acceptors (Lipinski definition) is 3. The fraction of sp³-hybridized carbons (Fsp3) is 0. The zero-order chi connectivity index (χ0) is 7.15. The molecule has 8 heavy (non-hydrogen) atoms. The molecule has 0 fully saturated rings. The molecule has 0 heterocycles. The summed E-state index contributed by atoms with van der Waals surface area (Å²) in [5.74, 6) is 0. The second-order valence-electron chi connectivity index (χ2n) is 0.438. The zero-order valence-electron chi connectivity index (χ0n) is 3.31. The Hall–Kier alpha value is 0.490. The van der Waals surface area contributed by atoms with Crippen molar-refractivity contribution in [3.05, 3.63) is 0 Å². The van der Waals surface area contributed by atoms with Crippen molar-refractivity contribution in [2.24, 2.45) is 0 Å². The summed E-state index contributed by atoms with van der Waals surface area (Å²) in [6, 6.07) is 0. The first kappa shape index (κ1) is 11.3. The smallest absolute Gasteiger partial charge is 0.262 e. The summed E-state index contributed by atoms with van der Waals surface area (Å²) in [4.78, 5) is 8.98. The third-order valence-corrected chi connectivity index (χ3v) is 0. The summed E-state index contributed by atoms with van der Waals surface area (Å²) in [5, 5.41) is 0. The van der Waals surface area contributed by atoms with Crippen LogP contribution < -0.4 is 0 Å². The molecule has 0 aromatic rings. The van der Waals surface area contributed by atoms with Crippen molar-refractivity contribution >= 4 is 48.5 Å². The molecule has 0 rings (SSSR count). The molecule has 0 aliphatic carbocycles. The molecule has 0 aromatic heterocycles. The molecule has 0 bridgehead atoms. The first-order valence-corrected chi connectivity index (χ1v) is 3.95. The van der Waals surface area contributed by atoms with Crippen LogP contribution in [0.2, 0.25) is 0 Å². The topological polar surface area (TPSA) is 51.2 Å². The second-order valence-corrected chi connectivity index (χ2v) is 2.57. The van der Waals surface area contributed by atoms with Gasteiger partial charge in [-0.25, -0.2) is 8.42 Å². The molecule has 0 N–H and O–H groups in total. The number of halogens is 3. The lowest BCUT2D eigenvalue weighted by Gasteiger charge is -1.48. The fourth-order valence-corrected chi connectivity index (χ4v) is 0. The largest absolute Gasteiger partial charge is 0.313 e. The van der Waals surface area contributed by atoms with Crippen LogP contribution in [-0.4, -0.2) is 13.1 Å². The Bertz CT molecular complexity index is 116. The van der Waals surface area contributed by atoms with Gasteiger partial charge in [0.05, 0.1) is 0 Å². The highest BCUT2D eigenvalue weighted by Crippen LogP contribution is 1.84. The Kier molecular flexibility index (Phi) is 10.6. The maximum Gasteiger partial charge on any atom is 0.313 e. The number of hydrogen-bond donors (Lipinski definition) is 1. The van der Waals surface area contributed by atoms with Gasteiger partial charge >= 0.3 is 4.70 Å². The van der Waals surface area contributed by atoms with Crippen molar-refractivity contribution in [3.63, 3.8) is 0 Å². The lowest BCUT2D eigenvalue weighted by atomic mass is 11.8. The van der Waals surface area contributed by atoms with E-state index in [1.165, 1.54) is 0 Å². The predicted molar refractivity (Wildman–Crippen MR) is 33.3 cm³/mol. The van der Waals surface area contributed by atoms with Gasteiger partial charge in [-0.2, -0.15) is 0 Å². The zero-order valence-corrected chi connectivity index (χ0v) is 6.47. The predicted octanol–water partition coefficient (Wildman–Crippen LogP) is 1.34. The van der Waals surface area contributed by atoms with E-state index in [1.54, 1.807) is 0 Å².